The largest absolute Gasteiger partial charge is 0.393 e. The topological polar surface area (TPSA) is 20.2 Å². The zero-order valence-corrected chi connectivity index (χ0v) is 13.7. The molecule has 2 aliphatic heterocycles. The maximum atomic E-state index is 10.0. The molecule has 2 heterocycles. The molecule has 2 fully saturated rings. The van der Waals surface area contributed by atoms with E-state index >= 15 is 0 Å². The Bertz CT molecular complexity index is 445. The van der Waals surface area contributed by atoms with Crippen molar-refractivity contribution < 1.29 is 5.11 Å². The Kier molecular flexibility index (Phi) is 3.89. The zero-order chi connectivity index (χ0) is 14.3. The van der Waals surface area contributed by atoms with Gasteiger partial charge in [0, 0.05) is 23.7 Å². The summed E-state index contributed by atoms with van der Waals surface area (Å²) in [5.74, 6) is 0. The van der Waals surface area contributed by atoms with Gasteiger partial charge in [0.1, 0.15) is 10.5 Å². The number of rotatable bonds is 1. The van der Waals surface area contributed by atoms with E-state index < -0.39 is 0 Å². The first-order valence-corrected chi connectivity index (χ1v) is 9.31. The van der Waals surface area contributed by atoms with E-state index in [4.69, 9.17) is 0 Å². The van der Waals surface area contributed by atoms with Crippen LogP contribution in [0.25, 0.3) is 0 Å². The average molecular weight is 291 g/mol. The summed E-state index contributed by atoms with van der Waals surface area (Å²) in [6, 6.07) is 9.38. The molecule has 0 radical (unpaired) electrons. The van der Waals surface area contributed by atoms with Gasteiger partial charge in [0.25, 0.3) is 0 Å². The Morgan fingerprint density at radius 3 is 2.05 bits per heavy atom. The van der Waals surface area contributed by atoms with Gasteiger partial charge in [-0.15, -0.1) is 0 Å². The molecule has 1 N–H and O–H groups in total. The number of aliphatic hydroxyl groups is 1. The number of fused-ring (bicyclic) bond motifs is 2. The van der Waals surface area contributed by atoms with Gasteiger partial charge in [-0.25, -0.2) is 0 Å². The fourth-order valence-electron chi connectivity index (χ4n) is 3.74. The molecule has 1 aromatic carbocycles. The Morgan fingerprint density at radius 2 is 1.55 bits per heavy atom. The molecule has 2 unspecified atom stereocenters. The number of aliphatic hydroxyl groups excluding tert-OH is 1. The molecule has 2 saturated heterocycles. The lowest BCUT2D eigenvalue weighted by atomic mass is 9.87. The quantitative estimate of drug-likeness (QED) is 0.774. The molecule has 2 atom stereocenters. The van der Waals surface area contributed by atoms with Crippen LogP contribution in [0.3, 0.4) is 0 Å². The predicted octanol–water partition coefficient (Wildman–Crippen LogP) is 4.04. The van der Waals surface area contributed by atoms with Crippen molar-refractivity contribution >= 4 is 10.9 Å². The Hall–Kier alpha value is -0.470. The molecule has 2 bridgehead atoms. The maximum Gasteiger partial charge on any atom is 0.155 e. The lowest BCUT2D eigenvalue weighted by molar-refractivity contribution is 0.138. The van der Waals surface area contributed by atoms with Crippen LogP contribution in [0.2, 0.25) is 0 Å². The second-order valence-corrected chi connectivity index (χ2v) is 9.99. The molecule has 3 rings (SSSR count). The highest BCUT2D eigenvalue weighted by molar-refractivity contribution is 7.98. The first kappa shape index (κ1) is 14.5. The molecular weight excluding hydrogens is 264 g/mol. The van der Waals surface area contributed by atoms with Crippen LogP contribution < -0.4 is 0 Å². The van der Waals surface area contributed by atoms with E-state index in [1.807, 2.05) is 0 Å². The van der Waals surface area contributed by atoms with Crippen LogP contribution in [0.1, 0.15) is 58.4 Å². The lowest BCUT2D eigenvalue weighted by Gasteiger charge is -2.37. The monoisotopic (exact) mass is 291 g/mol. The minimum Gasteiger partial charge on any atom is -0.393 e. The SMILES string of the molecule is CC(C)(C)c1ccc([S+]2C3CCCC2CC(O)C3)cc1. The first-order chi connectivity index (χ1) is 9.45. The number of benzene rings is 1. The van der Waals surface area contributed by atoms with Crippen LogP contribution in [-0.4, -0.2) is 21.7 Å². The summed E-state index contributed by atoms with van der Waals surface area (Å²) in [6.07, 6.45) is 6.02. The molecule has 1 nitrogen and oxygen atoms in total. The van der Waals surface area contributed by atoms with E-state index in [1.54, 1.807) is 4.90 Å². The predicted molar refractivity (Wildman–Crippen MR) is 87.4 cm³/mol. The molecular formula is C18H27OS+. The molecule has 2 heteroatoms. The normalized spacial score (nSPS) is 34.0. The number of hydrogen-bond donors (Lipinski definition) is 1. The van der Waals surface area contributed by atoms with Gasteiger partial charge in [0.2, 0.25) is 0 Å². The Morgan fingerprint density at radius 1 is 1.00 bits per heavy atom. The van der Waals surface area contributed by atoms with Gasteiger partial charge in [-0.3, -0.25) is 0 Å². The van der Waals surface area contributed by atoms with Gasteiger partial charge < -0.3 is 5.11 Å². The van der Waals surface area contributed by atoms with E-state index in [2.05, 4.69) is 45.0 Å². The molecule has 0 amide bonds. The van der Waals surface area contributed by atoms with Crippen molar-refractivity contribution in [1.82, 2.24) is 0 Å². The third-order valence-electron chi connectivity index (χ3n) is 4.83. The van der Waals surface area contributed by atoms with Crippen LogP contribution >= 0.6 is 0 Å². The molecule has 0 saturated carbocycles. The van der Waals surface area contributed by atoms with Gasteiger partial charge in [0.15, 0.2) is 4.90 Å². The molecule has 0 spiro atoms. The van der Waals surface area contributed by atoms with Crippen molar-refractivity contribution in [1.29, 1.82) is 0 Å². The van der Waals surface area contributed by atoms with Gasteiger partial charge in [-0.2, -0.15) is 0 Å². The van der Waals surface area contributed by atoms with Crippen molar-refractivity contribution in [3.8, 4) is 0 Å². The summed E-state index contributed by atoms with van der Waals surface area (Å²) in [7, 11) is 0.380. The highest BCUT2D eigenvalue weighted by Gasteiger charge is 2.48. The second-order valence-electron chi connectivity index (χ2n) is 7.45. The van der Waals surface area contributed by atoms with E-state index in [1.165, 1.54) is 24.8 Å². The summed E-state index contributed by atoms with van der Waals surface area (Å²) < 4.78 is 0. The van der Waals surface area contributed by atoms with Crippen LogP contribution in [0.4, 0.5) is 0 Å². The van der Waals surface area contributed by atoms with Crippen LogP contribution in [0.5, 0.6) is 0 Å². The van der Waals surface area contributed by atoms with E-state index in [0.29, 0.717) is 10.9 Å². The molecule has 110 valence electrons. The maximum absolute atomic E-state index is 10.0. The van der Waals surface area contributed by atoms with Gasteiger partial charge in [-0.05, 0) is 42.4 Å². The fourth-order valence-corrected chi connectivity index (χ4v) is 7.21. The van der Waals surface area contributed by atoms with E-state index in [0.717, 1.165) is 23.3 Å². The molecule has 20 heavy (non-hydrogen) atoms. The van der Waals surface area contributed by atoms with E-state index in [9.17, 15) is 5.11 Å². The van der Waals surface area contributed by atoms with E-state index in [-0.39, 0.29) is 11.5 Å². The van der Waals surface area contributed by atoms with Crippen LogP contribution in [0.15, 0.2) is 29.2 Å². The molecule has 1 aromatic rings. The van der Waals surface area contributed by atoms with Gasteiger partial charge >= 0.3 is 0 Å². The lowest BCUT2D eigenvalue weighted by Crippen LogP contribution is -2.45. The smallest absolute Gasteiger partial charge is 0.155 e. The zero-order valence-electron chi connectivity index (χ0n) is 12.9. The highest BCUT2D eigenvalue weighted by atomic mass is 32.2. The third kappa shape index (κ3) is 2.78. The van der Waals surface area contributed by atoms with Crippen molar-refractivity contribution in [2.45, 2.75) is 79.8 Å². The second kappa shape index (κ2) is 5.38. The van der Waals surface area contributed by atoms with Crippen molar-refractivity contribution in [2.24, 2.45) is 0 Å². The first-order valence-electron chi connectivity index (χ1n) is 7.95. The standard InChI is InChI=1S/C18H27OS/c1-18(2,3)13-7-9-15(10-8-13)20-16-5-4-6-17(20)12-14(19)11-16/h7-10,14,16-17,19H,4-6,11-12H2,1-3H3/q+1. The molecule has 0 aromatic heterocycles. The van der Waals surface area contributed by atoms with Crippen LogP contribution in [0, 0.1) is 0 Å². The summed E-state index contributed by atoms with van der Waals surface area (Å²) in [5.41, 5.74) is 1.66. The highest BCUT2D eigenvalue weighted by Crippen LogP contribution is 2.42. The van der Waals surface area contributed by atoms with Crippen molar-refractivity contribution in [2.75, 3.05) is 0 Å². The Labute approximate surface area is 126 Å². The van der Waals surface area contributed by atoms with Crippen molar-refractivity contribution in [3.05, 3.63) is 29.8 Å². The molecule has 2 aliphatic rings. The van der Waals surface area contributed by atoms with Gasteiger partial charge in [-0.1, -0.05) is 32.9 Å². The third-order valence-corrected chi connectivity index (χ3v) is 7.94. The van der Waals surface area contributed by atoms with Gasteiger partial charge in [0.05, 0.1) is 6.10 Å². The molecule has 0 aliphatic carbocycles. The summed E-state index contributed by atoms with van der Waals surface area (Å²) in [4.78, 5) is 1.54. The number of hydrogen-bond acceptors (Lipinski definition) is 1. The summed E-state index contributed by atoms with van der Waals surface area (Å²) >= 11 is 0. The van der Waals surface area contributed by atoms with Crippen LogP contribution in [-0.2, 0) is 16.3 Å². The average Bonchev–Trinajstić information content (AvgIpc) is 2.37. The minimum atomic E-state index is -0.0390. The van der Waals surface area contributed by atoms with Crippen molar-refractivity contribution in [3.63, 3.8) is 0 Å². The summed E-state index contributed by atoms with van der Waals surface area (Å²) in [6.45, 7) is 6.82. The summed E-state index contributed by atoms with van der Waals surface area (Å²) in [5, 5.41) is 11.5. The minimum absolute atomic E-state index is 0.0390. The fraction of sp³-hybridized carbons (Fsp3) is 0.667. The Balaban J connectivity index is 1.85.